The lowest BCUT2D eigenvalue weighted by molar-refractivity contribution is 0.297. The number of nitrogens with zero attached hydrogens (tertiary/aromatic N) is 1. The van der Waals surface area contributed by atoms with Crippen molar-refractivity contribution in [2.24, 2.45) is 0 Å². The zero-order chi connectivity index (χ0) is 21.4. The quantitative estimate of drug-likeness (QED) is 0.324. The van der Waals surface area contributed by atoms with E-state index in [0.29, 0.717) is 6.61 Å². The van der Waals surface area contributed by atoms with E-state index in [1.807, 2.05) is 26.0 Å². The zero-order valence-corrected chi connectivity index (χ0v) is 20.7. The number of fused-ring (bicyclic) bond motifs is 1. The van der Waals surface area contributed by atoms with Gasteiger partial charge in [-0.2, -0.15) is 0 Å². The first-order chi connectivity index (χ1) is 14.3. The lowest BCUT2D eigenvalue weighted by Gasteiger charge is -2.18. The average Bonchev–Trinajstić information content (AvgIpc) is 3.30. The van der Waals surface area contributed by atoms with Crippen molar-refractivity contribution in [2.75, 3.05) is 0 Å². The summed E-state index contributed by atoms with van der Waals surface area (Å²) in [6.45, 7) is 8.57. The maximum Gasteiger partial charge on any atom is 0.156 e. The molecule has 1 aliphatic rings. The summed E-state index contributed by atoms with van der Waals surface area (Å²) in [5.41, 5.74) is 5.53. The summed E-state index contributed by atoms with van der Waals surface area (Å²) in [5, 5.41) is 4.00. The van der Waals surface area contributed by atoms with Crippen LogP contribution in [0.2, 0.25) is 0 Å². The summed E-state index contributed by atoms with van der Waals surface area (Å²) < 4.78 is 19.7. The molecule has 0 amide bonds. The Morgan fingerprint density at radius 2 is 1.97 bits per heavy atom. The second-order valence-electron chi connectivity index (χ2n) is 7.86. The maximum absolute atomic E-state index is 6.31. The number of hydrogen-bond acceptors (Lipinski definition) is 4. The van der Waals surface area contributed by atoms with Crippen molar-refractivity contribution >= 4 is 31.9 Å². The first-order valence-corrected chi connectivity index (χ1v) is 11.6. The van der Waals surface area contributed by atoms with Crippen LogP contribution in [-0.2, 0) is 13.0 Å². The summed E-state index contributed by atoms with van der Waals surface area (Å²) in [5.74, 6) is 3.52. The molecule has 1 radical (unpaired) electrons. The highest BCUT2D eigenvalue weighted by molar-refractivity contribution is 9.11. The van der Waals surface area contributed by atoms with Gasteiger partial charge in [0, 0.05) is 5.56 Å². The molecule has 6 heteroatoms. The van der Waals surface area contributed by atoms with Gasteiger partial charge in [-0.1, -0.05) is 19.0 Å². The topological polar surface area (TPSA) is 44.5 Å². The van der Waals surface area contributed by atoms with Gasteiger partial charge in [0.15, 0.2) is 5.75 Å². The molecule has 1 heterocycles. The van der Waals surface area contributed by atoms with Crippen molar-refractivity contribution in [3.8, 4) is 17.2 Å². The van der Waals surface area contributed by atoms with Crippen LogP contribution in [0.15, 0.2) is 37.7 Å². The van der Waals surface area contributed by atoms with E-state index in [2.05, 4.69) is 69.4 Å². The van der Waals surface area contributed by atoms with Gasteiger partial charge in [0.2, 0.25) is 0 Å². The molecule has 0 saturated heterocycles. The summed E-state index contributed by atoms with van der Waals surface area (Å²) in [6.07, 6.45) is 4.36. The molecule has 0 saturated carbocycles. The smallest absolute Gasteiger partial charge is 0.156 e. The molecule has 1 aromatic heterocycles. The summed E-state index contributed by atoms with van der Waals surface area (Å²) in [4.78, 5) is 0. The Labute approximate surface area is 194 Å². The molecule has 3 aromatic rings. The zero-order valence-electron chi connectivity index (χ0n) is 17.5. The van der Waals surface area contributed by atoms with Crippen molar-refractivity contribution in [1.29, 1.82) is 0 Å². The number of ether oxygens (including phenoxy) is 2. The maximum atomic E-state index is 6.31. The van der Waals surface area contributed by atoms with Crippen LogP contribution < -0.4 is 9.47 Å². The largest absolute Gasteiger partial charge is 0.488 e. The molecule has 4 rings (SSSR count). The molecule has 0 bridgehead atoms. The van der Waals surface area contributed by atoms with E-state index in [1.54, 1.807) is 0 Å². The Bertz CT molecular complexity index is 1070. The molecule has 0 aliphatic heterocycles. The van der Waals surface area contributed by atoms with Crippen LogP contribution in [0.4, 0.5) is 0 Å². The molecule has 4 nitrogen and oxygen atoms in total. The minimum absolute atomic E-state index is 0.287. The third-order valence-electron chi connectivity index (χ3n) is 5.45. The summed E-state index contributed by atoms with van der Waals surface area (Å²) >= 11 is 7.41. The minimum Gasteiger partial charge on any atom is -0.488 e. The van der Waals surface area contributed by atoms with Crippen molar-refractivity contribution < 1.29 is 14.0 Å². The molecule has 0 fully saturated rings. The van der Waals surface area contributed by atoms with Crippen molar-refractivity contribution in [2.45, 2.75) is 53.1 Å². The van der Waals surface area contributed by atoms with E-state index in [9.17, 15) is 0 Å². The van der Waals surface area contributed by atoms with E-state index in [1.165, 1.54) is 11.1 Å². The molecule has 0 atom stereocenters. The molecule has 157 valence electrons. The molecule has 0 unspecified atom stereocenters. The van der Waals surface area contributed by atoms with Crippen LogP contribution in [-0.4, -0.2) is 5.16 Å². The second-order valence-corrected chi connectivity index (χ2v) is 9.51. The second kappa shape index (κ2) is 8.75. The van der Waals surface area contributed by atoms with Gasteiger partial charge < -0.3 is 14.0 Å². The van der Waals surface area contributed by atoms with Gasteiger partial charge in [0.1, 0.15) is 23.9 Å². The highest BCUT2D eigenvalue weighted by Gasteiger charge is 2.21. The monoisotopic (exact) mass is 532 g/mol. The first kappa shape index (κ1) is 21.4. The molecule has 0 spiro atoms. The minimum atomic E-state index is 0.287. The van der Waals surface area contributed by atoms with Crippen LogP contribution in [0.3, 0.4) is 0 Å². The third-order valence-corrected chi connectivity index (χ3v) is 6.87. The third kappa shape index (κ3) is 4.17. The molecule has 1 aliphatic carbocycles. The first-order valence-electron chi connectivity index (χ1n) is 10.1. The number of halogens is 2. The Kier molecular flexibility index (Phi) is 6.26. The number of benzene rings is 2. The van der Waals surface area contributed by atoms with Crippen molar-refractivity contribution in [1.82, 2.24) is 5.16 Å². The fourth-order valence-corrected chi connectivity index (χ4v) is 5.22. The number of aromatic nitrogens is 1. The molecular formula is C24H24Br2NO3. The predicted octanol–water partition coefficient (Wildman–Crippen LogP) is 7.81. The Balaban J connectivity index is 1.60. The average molecular weight is 534 g/mol. The normalized spacial score (nSPS) is 13.0. The Morgan fingerprint density at radius 3 is 2.67 bits per heavy atom. The van der Waals surface area contributed by atoms with E-state index in [4.69, 9.17) is 14.0 Å². The van der Waals surface area contributed by atoms with Gasteiger partial charge in [-0.15, -0.1) is 0 Å². The van der Waals surface area contributed by atoms with E-state index in [-0.39, 0.29) is 5.92 Å². The standard InChI is InChI=1S/C24H24Br2NO3/c1-13(2)19-11-17(8-9-22(19)28-12-20-14(3)27-30-15(20)4)29-24-21(25)10-16-6-5-7-18(16)23(24)26/h6,8-11,13H,5,7,12H2,1-4H3. The van der Waals surface area contributed by atoms with E-state index in [0.717, 1.165) is 61.6 Å². The summed E-state index contributed by atoms with van der Waals surface area (Å²) in [7, 11) is 0. The molecule has 0 N–H and O–H groups in total. The summed E-state index contributed by atoms with van der Waals surface area (Å²) in [6, 6.07) is 8.12. The van der Waals surface area contributed by atoms with Crippen LogP contribution in [0, 0.1) is 20.3 Å². The fraction of sp³-hybridized carbons (Fsp3) is 0.333. The van der Waals surface area contributed by atoms with Gasteiger partial charge in [0.05, 0.1) is 20.2 Å². The van der Waals surface area contributed by atoms with E-state index < -0.39 is 0 Å². The van der Waals surface area contributed by atoms with Crippen LogP contribution in [0.1, 0.15) is 59.9 Å². The number of rotatable bonds is 6. The van der Waals surface area contributed by atoms with Gasteiger partial charge in [0.25, 0.3) is 0 Å². The molecular weight excluding hydrogens is 510 g/mol. The predicted molar refractivity (Wildman–Crippen MR) is 124 cm³/mol. The molecule has 2 aromatic carbocycles. The lowest BCUT2D eigenvalue weighted by Crippen LogP contribution is -2.02. The fourth-order valence-electron chi connectivity index (χ4n) is 3.71. The van der Waals surface area contributed by atoms with E-state index >= 15 is 0 Å². The Hall–Kier alpha value is -1.79. The highest BCUT2D eigenvalue weighted by Crippen LogP contribution is 2.44. The van der Waals surface area contributed by atoms with Crippen LogP contribution >= 0.6 is 31.9 Å². The Morgan fingerprint density at radius 1 is 1.17 bits per heavy atom. The number of hydrogen-bond donors (Lipinski definition) is 0. The number of aryl methyl sites for hydroxylation is 2. The highest BCUT2D eigenvalue weighted by atomic mass is 79.9. The molecule has 30 heavy (non-hydrogen) atoms. The van der Waals surface area contributed by atoms with Gasteiger partial charge in [-0.25, -0.2) is 0 Å². The van der Waals surface area contributed by atoms with Gasteiger partial charge in [-0.3, -0.25) is 0 Å². The SMILES string of the molecule is Cc1noc(C)c1COc1ccc(Oc2c(Br)cc3c(c2Br)CC[CH]3)cc1C(C)C. The van der Waals surface area contributed by atoms with Gasteiger partial charge in [-0.05, 0) is 106 Å². The van der Waals surface area contributed by atoms with Gasteiger partial charge >= 0.3 is 0 Å². The van der Waals surface area contributed by atoms with Crippen molar-refractivity contribution in [3.63, 3.8) is 0 Å². The lowest BCUT2D eigenvalue weighted by atomic mass is 10.0. The van der Waals surface area contributed by atoms with Crippen LogP contribution in [0.25, 0.3) is 0 Å². The van der Waals surface area contributed by atoms with Crippen molar-refractivity contribution in [3.05, 3.63) is 73.3 Å². The van der Waals surface area contributed by atoms with Crippen LogP contribution in [0.5, 0.6) is 17.2 Å².